The average Bonchev–Trinajstić information content (AvgIpc) is 2.64. The van der Waals surface area contributed by atoms with Gasteiger partial charge in [-0.2, -0.15) is 10.4 Å². The number of hydrogen-bond donors (Lipinski definition) is 0. The molecule has 1 fully saturated rings. The molecule has 0 unspecified atom stereocenters. The van der Waals surface area contributed by atoms with E-state index >= 15 is 0 Å². The summed E-state index contributed by atoms with van der Waals surface area (Å²) in [5.41, 5.74) is 2.92. The van der Waals surface area contributed by atoms with E-state index in [0.717, 1.165) is 11.3 Å². The van der Waals surface area contributed by atoms with E-state index in [1.807, 2.05) is 54.0 Å². The minimum atomic E-state index is 0.0435. The third kappa shape index (κ3) is 2.93. The molecule has 0 spiro atoms. The van der Waals surface area contributed by atoms with Crippen LogP contribution >= 0.6 is 0 Å². The lowest BCUT2D eigenvalue weighted by atomic mass is 10.1. The Hall–Kier alpha value is -2.94. The number of rotatable bonds is 2. The van der Waals surface area contributed by atoms with Gasteiger partial charge in [-0.25, -0.2) is 0 Å². The molecule has 24 heavy (non-hydrogen) atoms. The van der Waals surface area contributed by atoms with Crippen LogP contribution in [-0.2, 0) is 0 Å². The van der Waals surface area contributed by atoms with Crippen LogP contribution in [0.25, 0.3) is 0 Å². The van der Waals surface area contributed by atoms with Crippen molar-refractivity contribution in [3.8, 4) is 6.07 Å². The van der Waals surface area contributed by atoms with Crippen LogP contribution in [0.3, 0.4) is 0 Å². The summed E-state index contributed by atoms with van der Waals surface area (Å²) >= 11 is 0. The molecule has 6 heteroatoms. The topological polar surface area (TPSA) is 73.1 Å². The number of nitrogens with zero attached hydrogens (tertiary/aromatic N) is 5. The zero-order valence-electron chi connectivity index (χ0n) is 13.9. The van der Waals surface area contributed by atoms with E-state index in [1.165, 1.54) is 0 Å². The van der Waals surface area contributed by atoms with Gasteiger partial charge < -0.3 is 9.80 Å². The Kier molecular flexibility index (Phi) is 4.43. The summed E-state index contributed by atoms with van der Waals surface area (Å²) in [6.45, 7) is 6.24. The van der Waals surface area contributed by atoms with Gasteiger partial charge in [0.25, 0.3) is 5.91 Å². The second-order valence-corrected chi connectivity index (χ2v) is 5.87. The predicted octanol–water partition coefficient (Wildman–Crippen LogP) is 1.93. The van der Waals surface area contributed by atoms with Gasteiger partial charge in [0, 0.05) is 31.7 Å². The van der Waals surface area contributed by atoms with Crippen molar-refractivity contribution in [3.63, 3.8) is 0 Å². The van der Waals surface area contributed by atoms with E-state index in [-0.39, 0.29) is 5.91 Å². The zero-order chi connectivity index (χ0) is 17.1. The highest BCUT2D eigenvalue weighted by atomic mass is 16.2. The molecule has 1 aliphatic rings. The van der Waals surface area contributed by atoms with Crippen molar-refractivity contribution in [3.05, 3.63) is 52.7 Å². The van der Waals surface area contributed by atoms with Crippen LogP contribution in [-0.4, -0.2) is 47.2 Å². The highest BCUT2D eigenvalue weighted by Gasteiger charge is 2.25. The minimum Gasteiger partial charge on any atom is -0.350 e. The van der Waals surface area contributed by atoms with Crippen molar-refractivity contribution in [2.75, 3.05) is 31.1 Å². The van der Waals surface area contributed by atoms with E-state index in [2.05, 4.69) is 16.3 Å². The maximum Gasteiger partial charge on any atom is 0.253 e. The van der Waals surface area contributed by atoms with E-state index in [1.54, 1.807) is 0 Å². The number of nitriles is 1. The van der Waals surface area contributed by atoms with Crippen molar-refractivity contribution in [2.24, 2.45) is 0 Å². The van der Waals surface area contributed by atoms with Crippen LogP contribution in [0.5, 0.6) is 0 Å². The average molecular weight is 321 g/mol. The largest absolute Gasteiger partial charge is 0.350 e. The van der Waals surface area contributed by atoms with Crippen LogP contribution in [0.4, 0.5) is 5.82 Å². The second kappa shape index (κ2) is 6.67. The molecule has 0 N–H and O–H groups in total. The summed E-state index contributed by atoms with van der Waals surface area (Å²) in [4.78, 5) is 16.4. The molecule has 0 radical (unpaired) electrons. The molecule has 1 aromatic heterocycles. The number of carbonyl (C=O) groups excluding carboxylic acids is 1. The summed E-state index contributed by atoms with van der Waals surface area (Å²) < 4.78 is 0. The number of hydrogen-bond acceptors (Lipinski definition) is 5. The molecule has 6 nitrogen and oxygen atoms in total. The molecule has 0 atom stereocenters. The summed E-state index contributed by atoms with van der Waals surface area (Å²) in [6, 6.07) is 11.5. The quantitative estimate of drug-likeness (QED) is 0.845. The number of anilines is 1. The smallest absolute Gasteiger partial charge is 0.253 e. The fourth-order valence-corrected chi connectivity index (χ4v) is 2.84. The Morgan fingerprint density at radius 1 is 1.08 bits per heavy atom. The van der Waals surface area contributed by atoms with E-state index < -0.39 is 0 Å². The minimum absolute atomic E-state index is 0.0435. The van der Waals surface area contributed by atoms with Crippen LogP contribution in [0, 0.1) is 25.2 Å². The number of piperazine rings is 1. The molecule has 0 bridgehead atoms. The zero-order valence-corrected chi connectivity index (χ0v) is 13.9. The van der Waals surface area contributed by atoms with Crippen LogP contribution in [0.15, 0.2) is 30.3 Å². The van der Waals surface area contributed by atoms with Crippen molar-refractivity contribution in [2.45, 2.75) is 13.8 Å². The first-order valence-electron chi connectivity index (χ1n) is 7.95. The molecule has 122 valence electrons. The van der Waals surface area contributed by atoms with Gasteiger partial charge in [0.15, 0.2) is 5.82 Å². The molecule has 0 saturated carbocycles. The van der Waals surface area contributed by atoms with Crippen LogP contribution in [0.1, 0.15) is 27.2 Å². The third-order valence-corrected chi connectivity index (χ3v) is 4.43. The van der Waals surface area contributed by atoms with Crippen molar-refractivity contribution >= 4 is 11.7 Å². The van der Waals surface area contributed by atoms with E-state index in [9.17, 15) is 10.1 Å². The fraction of sp³-hybridized carbons (Fsp3) is 0.333. The molecule has 1 amide bonds. The first-order valence-corrected chi connectivity index (χ1v) is 7.95. The van der Waals surface area contributed by atoms with Crippen LogP contribution < -0.4 is 4.90 Å². The molecule has 1 saturated heterocycles. The summed E-state index contributed by atoms with van der Waals surface area (Å²) in [5.74, 6) is 0.661. The predicted molar refractivity (Wildman–Crippen MR) is 90.8 cm³/mol. The highest BCUT2D eigenvalue weighted by Crippen LogP contribution is 2.22. The second-order valence-electron chi connectivity index (χ2n) is 5.87. The van der Waals surface area contributed by atoms with Crippen molar-refractivity contribution < 1.29 is 4.79 Å². The monoisotopic (exact) mass is 321 g/mol. The molecule has 3 rings (SSSR count). The molecule has 2 aromatic rings. The van der Waals surface area contributed by atoms with Crippen LogP contribution in [0.2, 0.25) is 0 Å². The van der Waals surface area contributed by atoms with E-state index in [0.29, 0.717) is 43.1 Å². The maximum atomic E-state index is 12.5. The van der Waals surface area contributed by atoms with Gasteiger partial charge in [-0.1, -0.05) is 18.2 Å². The molecule has 1 aromatic carbocycles. The Labute approximate surface area is 141 Å². The lowest BCUT2D eigenvalue weighted by Crippen LogP contribution is -2.49. The first-order chi connectivity index (χ1) is 11.6. The maximum absolute atomic E-state index is 12.5. The van der Waals surface area contributed by atoms with Gasteiger partial charge in [0.05, 0.1) is 5.69 Å². The molecule has 1 aliphatic heterocycles. The van der Waals surface area contributed by atoms with Gasteiger partial charge in [0.2, 0.25) is 0 Å². The number of aryl methyl sites for hydroxylation is 1. The van der Waals surface area contributed by atoms with Gasteiger partial charge in [-0.15, -0.1) is 5.10 Å². The number of benzene rings is 1. The number of amides is 1. The normalized spacial score (nSPS) is 14.4. The molecular weight excluding hydrogens is 302 g/mol. The molecule has 2 heterocycles. The summed E-state index contributed by atoms with van der Waals surface area (Å²) in [5, 5.41) is 17.8. The SMILES string of the molecule is Cc1nnc(N2CCN(C(=O)c3ccccc3)CC2)c(C#N)c1C. The highest BCUT2D eigenvalue weighted by molar-refractivity contribution is 5.94. The standard InChI is InChI=1S/C18H19N5O/c1-13-14(2)20-21-17(16(13)12-19)22-8-10-23(11-9-22)18(24)15-6-4-3-5-7-15/h3-7H,8-11H2,1-2H3. The first kappa shape index (κ1) is 15.9. The molecular formula is C18H19N5O. The van der Waals surface area contributed by atoms with Crippen molar-refractivity contribution in [1.82, 2.24) is 15.1 Å². The summed E-state index contributed by atoms with van der Waals surface area (Å²) in [6.07, 6.45) is 0. The van der Waals surface area contributed by atoms with Gasteiger partial charge in [-0.05, 0) is 31.5 Å². The number of carbonyl (C=O) groups is 1. The summed E-state index contributed by atoms with van der Waals surface area (Å²) in [7, 11) is 0. The lowest BCUT2D eigenvalue weighted by molar-refractivity contribution is 0.0746. The van der Waals surface area contributed by atoms with E-state index in [4.69, 9.17) is 0 Å². The fourth-order valence-electron chi connectivity index (χ4n) is 2.84. The lowest BCUT2D eigenvalue weighted by Gasteiger charge is -2.35. The number of aromatic nitrogens is 2. The molecule has 0 aliphatic carbocycles. The van der Waals surface area contributed by atoms with Gasteiger partial charge >= 0.3 is 0 Å². The Bertz CT molecular complexity index is 789. The Balaban J connectivity index is 1.73. The van der Waals surface area contributed by atoms with Crippen molar-refractivity contribution in [1.29, 1.82) is 5.26 Å². The van der Waals surface area contributed by atoms with Gasteiger partial charge in [0.1, 0.15) is 11.6 Å². The third-order valence-electron chi connectivity index (χ3n) is 4.43. The Morgan fingerprint density at radius 2 is 1.75 bits per heavy atom. The van der Waals surface area contributed by atoms with Gasteiger partial charge in [-0.3, -0.25) is 4.79 Å². The Morgan fingerprint density at radius 3 is 2.38 bits per heavy atom.